The quantitative estimate of drug-likeness (QED) is 0.877. The molecule has 0 spiro atoms. The first-order valence-corrected chi connectivity index (χ1v) is 5.40. The van der Waals surface area contributed by atoms with Gasteiger partial charge in [-0.25, -0.2) is 0 Å². The minimum Gasteiger partial charge on any atom is -0.419 e. The zero-order valence-electron chi connectivity index (χ0n) is 7.87. The molecule has 4 nitrogen and oxygen atoms in total. The van der Waals surface area contributed by atoms with Gasteiger partial charge in [0.05, 0.1) is 10.6 Å². The average molecular weight is 299 g/mol. The van der Waals surface area contributed by atoms with Crippen LogP contribution >= 0.6 is 27.5 Å². The third kappa shape index (κ3) is 1.90. The number of anilines is 1. The summed E-state index contributed by atoms with van der Waals surface area (Å²) in [6.45, 7) is 0. The molecule has 0 unspecified atom stereocenters. The highest BCUT2D eigenvalue weighted by Crippen LogP contribution is 2.31. The minimum absolute atomic E-state index is 0.00598. The van der Waals surface area contributed by atoms with Crippen molar-refractivity contribution in [3.05, 3.63) is 33.4 Å². The smallest absolute Gasteiger partial charge is 0.231 e. The second-order valence-electron chi connectivity index (χ2n) is 2.97. The summed E-state index contributed by atoms with van der Waals surface area (Å²) in [4.78, 5) is 3.94. The van der Waals surface area contributed by atoms with Gasteiger partial charge in [0.25, 0.3) is 0 Å². The van der Waals surface area contributed by atoms with Gasteiger partial charge in [-0.05, 0) is 18.2 Å². The standard InChI is InChI=1S/C10H5BrClN3O/c11-5-1-2-7(12)6(3-5)10-15-8(4-13)9(14)16-10/h1-3H,14H2. The second kappa shape index (κ2) is 4.16. The molecule has 0 saturated carbocycles. The van der Waals surface area contributed by atoms with Crippen molar-refractivity contribution >= 4 is 33.4 Å². The van der Waals surface area contributed by atoms with Gasteiger partial charge in [0.1, 0.15) is 6.07 Å². The second-order valence-corrected chi connectivity index (χ2v) is 4.29. The minimum atomic E-state index is -0.00598. The zero-order valence-corrected chi connectivity index (χ0v) is 10.2. The lowest BCUT2D eigenvalue weighted by Crippen LogP contribution is -1.84. The fourth-order valence-electron chi connectivity index (χ4n) is 1.19. The van der Waals surface area contributed by atoms with Gasteiger partial charge in [-0.3, -0.25) is 0 Å². The summed E-state index contributed by atoms with van der Waals surface area (Å²) in [5.74, 6) is 0.230. The number of oxazole rings is 1. The van der Waals surface area contributed by atoms with E-state index in [2.05, 4.69) is 20.9 Å². The Bertz CT molecular complexity index is 588. The molecule has 0 radical (unpaired) electrons. The van der Waals surface area contributed by atoms with E-state index in [-0.39, 0.29) is 17.5 Å². The molecule has 2 N–H and O–H groups in total. The highest BCUT2D eigenvalue weighted by Gasteiger charge is 2.14. The van der Waals surface area contributed by atoms with Crippen LogP contribution in [0.3, 0.4) is 0 Å². The normalized spacial score (nSPS) is 10.1. The predicted molar refractivity (Wildman–Crippen MR) is 63.8 cm³/mol. The SMILES string of the molecule is N#Cc1nc(-c2cc(Br)ccc2Cl)oc1N. The van der Waals surface area contributed by atoms with Crippen LogP contribution in [-0.4, -0.2) is 4.98 Å². The molecule has 0 aliphatic rings. The highest BCUT2D eigenvalue weighted by atomic mass is 79.9. The molecule has 0 fully saturated rings. The van der Waals surface area contributed by atoms with E-state index in [1.165, 1.54) is 0 Å². The summed E-state index contributed by atoms with van der Waals surface area (Å²) < 4.78 is 6.00. The van der Waals surface area contributed by atoms with Crippen molar-refractivity contribution in [1.29, 1.82) is 5.26 Å². The Labute approximate surface area is 105 Å². The molecule has 0 bridgehead atoms. The number of nitrogens with zero attached hydrogens (tertiary/aromatic N) is 2. The molecule has 0 aliphatic carbocycles. The summed E-state index contributed by atoms with van der Waals surface area (Å²) in [7, 11) is 0. The van der Waals surface area contributed by atoms with Crippen LogP contribution in [0.5, 0.6) is 0 Å². The summed E-state index contributed by atoms with van der Waals surface area (Å²) in [5.41, 5.74) is 6.12. The molecule has 2 rings (SSSR count). The van der Waals surface area contributed by atoms with E-state index in [4.69, 9.17) is 27.0 Å². The van der Waals surface area contributed by atoms with Gasteiger partial charge < -0.3 is 10.2 Å². The predicted octanol–water partition coefficient (Wildman–Crippen LogP) is 3.21. The van der Waals surface area contributed by atoms with Crippen LogP contribution < -0.4 is 5.73 Å². The van der Waals surface area contributed by atoms with Crippen molar-refractivity contribution < 1.29 is 4.42 Å². The van der Waals surface area contributed by atoms with Gasteiger partial charge in [0.2, 0.25) is 17.5 Å². The summed E-state index contributed by atoms with van der Waals surface area (Å²) in [6.07, 6.45) is 0. The maximum atomic E-state index is 8.71. The van der Waals surface area contributed by atoms with Crippen LogP contribution in [-0.2, 0) is 0 Å². The van der Waals surface area contributed by atoms with Crippen molar-refractivity contribution in [3.8, 4) is 17.5 Å². The number of hydrogen-bond acceptors (Lipinski definition) is 4. The van der Waals surface area contributed by atoms with Gasteiger partial charge in [0.15, 0.2) is 0 Å². The lowest BCUT2D eigenvalue weighted by atomic mass is 10.2. The number of hydrogen-bond donors (Lipinski definition) is 1. The summed E-state index contributed by atoms with van der Waals surface area (Å²) >= 11 is 9.30. The first-order chi connectivity index (χ1) is 7.61. The molecule has 0 saturated heterocycles. The molecular formula is C10H5BrClN3O. The fourth-order valence-corrected chi connectivity index (χ4v) is 1.75. The Morgan fingerprint density at radius 1 is 1.50 bits per heavy atom. The molecule has 2 aromatic rings. The molecule has 0 amide bonds. The van der Waals surface area contributed by atoms with E-state index in [1.54, 1.807) is 18.2 Å². The number of aromatic nitrogens is 1. The van der Waals surface area contributed by atoms with Crippen LogP contribution in [0.2, 0.25) is 5.02 Å². The maximum Gasteiger partial charge on any atom is 0.231 e. The van der Waals surface area contributed by atoms with Gasteiger partial charge in [-0.15, -0.1) is 0 Å². The van der Waals surface area contributed by atoms with E-state index >= 15 is 0 Å². The van der Waals surface area contributed by atoms with Crippen LogP contribution in [0.1, 0.15) is 5.69 Å². The molecule has 80 valence electrons. The third-order valence-corrected chi connectivity index (χ3v) is 2.74. The van der Waals surface area contributed by atoms with Crippen LogP contribution in [0.25, 0.3) is 11.5 Å². The van der Waals surface area contributed by atoms with Crippen molar-refractivity contribution in [2.45, 2.75) is 0 Å². The molecule has 6 heteroatoms. The number of nitrogens with two attached hydrogens (primary N) is 1. The van der Waals surface area contributed by atoms with Gasteiger partial charge >= 0.3 is 0 Å². The van der Waals surface area contributed by atoms with Crippen LogP contribution in [0.15, 0.2) is 27.1 Å². The van der Waals surface area contributed by atoms with E-state index in [9.17, 15) is 0 Å². The Hall–Kier alpha value is -1.51. The van der Waals surface area contributed by atoms with E-state index in [1.807, 2.05) is 6.07 Å². The van der Waals surface area contributed by atoms with Gasteiger partial charge in [-0.2, -0.15) is 10.2 Å². The average Bonchev–Trinajstić information content (AvgIpc) is 2.63. The Morgan fingerprint density at radius 2 is 2.25 bits per heavy atom. The van der Waals surface area contributed by atoms with Gasteiger partial charge in [-0.1, -0.05) is 27.5 Å². The number of rotatable bonds is 1. The van der Waals surface area contributed by atoms with Crippen molar-refractivity contribution in [3.63, 3.8) is 0 Å². The fraction of sp³-hybridized carbons (Fsp3) is 0. The molecule has 1 heterocycles. The lowest BCUT2D eigenvalue weighted by molar-refractivity contribution is 0.593. The Kier molecular flexibility index (Phi) is 2.86. The topological polar surface area (TPSA) is 75.8 Å². The van der Waals surface area contributed by atoms with Crippen LogP contribution in [0.4, 0.5) is 5.88 Å². The third-order valence-electron chi connectivity index (χ3n) is 1.92. The lowest BCUT2D eigenvalue weighted by Gasteiger charge is -1.99. The Balaban J connectivity index is 2.59. The number of benzene rings is 1. The molecular weight excluding hydrogens is 293 g/mol. The maximum absolute atomic E-state index is 8.71. The van der Waals surface area contributed by atoms with Crippen molar-refractivity contribution in [2.24, 2.45) is 0 Å². The van der Waals surface area contributed by atoms with Gasteiger partial charge in [0, 0.05) is 4.47 Å². The molecule has 1 aromatic carbocycles. The monoisotopic (exact) mass is 297 g/mol. The molecule has 1 aromatic heterocycles. The van der Waals surface area contributed by atoms with E-state index < -0.39 is 0 Å². The molecule has 0 atom stereocenters. The summed E-state index contributed by atoms with van der Waals surface area (Å²) in [6, 6.07) is 7.08. The highest BCUT2D eigenvalue weighted by molar-refractivity contribution is 9.10. The van der Waals surface area contributed by atoms with E-state index in [0.29, 0.717) is 10.6 Å². The largest absolute Gasteiger partial charge is 0.419 e. The van der Waals surface area contributed by atoms with Crippen molar-refractivity contribution in [2.75, 3.05) is 5.73 Å². The number of nitrogen functional groups attached to an aromatic ring is 1. The van der Waals surface area contributed by atoms with Crippen molar-refractivity contribution in [1.82, 2.24) is 4.98 Å². The van der Waals surface area contributed by atoms with E-state index in [0.717, 1.165) is 4.47 Å². The number of halogens is 2. The molecule has 0 aliphatic heterocycles. The first kappa shape index (κ1) is 11.0. The first-order valence-electron chi connectivity index (χ1n) is 4.23. The zero-order chi connectivity index (χ0) is 11.7. The number of nitriles is 1. The summed E-state index contributed by atoms with van der Waals surface area (Å²) in [5, 5.41) is 9.19. The van der Waals surface area contributed by atoms with Crippen LogP contribution in [0, 0.1) is 11.3 Å². The Morgan fingerprint density at radius 3 is 2.88 bits per heavy atom. The molecule has 16 heavy (non-hydrogen) atoms.